The van der Waals surface area contributed by atoms with Gasteiger partial charge in [0, 0.05) is 17.2 Å². The molecule has 1 amide bonds. The van der Waals surface area contributed by atoms with Crippen molar-refractivity contribution >= 4 is 40.6 Å². The molecule has 0 saturated carbocycles. The molecule has 0 atom stereocenters. The second-order valence-corrected chi connectivity index (χ2v) is 5.19. The number of aromatic nitrogens is 3. The van der Waals surface area contributed by atoms with Gasteiger partial charge in [-0.3, -0.25) is 9.89 Å². The Kier molecular flexibility index (Phi) is 4.64. The van der Waals surface area contributed by atoms with E-state index in [1.807, 2.05) is 0 Å². The summed E-state index contributed by atoms with van der Waals surface area (Å²) in [7, 11) is 0. The number of hydrogen-bond acceptors (Lipinski definition) is 5. The van der Waals surface area contributed by atoms with Gasteiger partial charge >= 0.3 is 0 Å². The Morgan fingerprint density at radius 1 is 1.53 bits per heavy atom. The van der Waals surface area contributed by atoms with Crippen LogP contribution in [0.3, 0.4) is 0 Å². The van der Waals surface area contributed by atoms with Crippen molar-refractivity contribution in [2.24, 2.45) is 0 Å². The third-order valence-electron chi connectivity index (χ3n) is 2.25. The maximum absolute atomic E-state index is 11.7. The summed E-state index contributed by atoms with van der Waals surface area (Å²) in [5.74, 6) is 0.496. The van der Waals surface area contributed by atoms with Crippen LogP contribution >= 0.6 is 23.4 Å². The van der Waals surface area contributed by atoms with E-state index < -0.39 is 0 Å². The van der Waals surface area contributed by atoms with Crippen LogP contribution in [0, 0.1) is 0 Å². The summed E-state index contributed by atoms with van der Waals surface area (Å²) in [6, 6.07) is 4.95. The summed E-state index contributed by atoms with van der Waals surface area (Å²) in [4.78, 5) is 15.7. The normalized spacial score (nSPS) is 10.4. The molecule has 0 spiro atoms. The quantitative estimate of drug-likeness (QED) is 0.580. The van der Waals surface area contributed by atoms with E-state index in [1.165, 1.54) is 18.1 Å². The summed E-state index contributed by atoms with van der Waals surface area (Å²) in [6.07, 6.45) is 1.78. The number of carbonyl (C=O) groups is 1. The van der Waals surface area contributed by atoms with Gasteiger partial charge in [-0.05, 0) is 18.2 Å². The van der Waals surface area contributed by atoms with Gasteiger partial charge in [-0.15, -0.1) is 0 Å². The molecule has 100 valence electrons. The Morgan fingerprint density at radius 2 is 2.37 bits per heavy atom. The van der Waals surface area contributed by atoms with Crippen molar-refractivity contribution < 1.29 is 4.79 Å². The van der Waals surface area contributed by atoms with Crippen LogP contribution in [-0.4, -0.2) is 26.8 Å². The number of carbonyl (C=O) groups excluding carboxylic acids is 1. The molecule has 1 heterocycles. The number of amides is 1. The summed E-state index contributed by atoms with van der Waals surface area (Å²) in [6.45, 7) is 0. The standard InChI is InChI=1S/C11H12ClN5OS/c12-7-1-2-9(8(13)5-7)16-10(18)3-4-19-11-14-6-15-17-11/h1-2,5-6H,3-4,13H2,(H,16,18)(H,14,15,17). The number of nitrogens with one attached hydrogen (secondary N) is 2. The molecule has 2 rings (SSSR count). The van der Waals surface area contributed by atoms with Crippen molar-refractivity contribution in [1.29, 1.82) is 0 Å². The van der Waals surface area contributed by atoms with Crippen LogP contribution < -0.4 is 11.1 Å². The fourth-order valence-corrected chi connectivity index (χ4v) is 2.26. The first-order valence-corrected chi connectivity index (χ1v) is 6.84. The number of nitrogens with two attached hydrogens (primary N) is 1. The largest absolute Gasteiger partial charge is 0.397 e. The van der Waals surface area contributed by atoms with Crippen LogP contribution in [0.15, 0.2) is 29.7 Å². The number of thioether (sulfide) groups is 1. The van der Waals surface area contributed by atoms with Crippen molar-refractivity contribution in [2.75, 3.05) is 16.8 Å². The number of aromatic amines is 1. The van der Waals surface area contributed by atoms with E-state index in [0.717, 1.165) is 0 Å². The van der Waals surface area contributed by atoms with Gasteiger partial charge in [0.15, 0.2) is 5.16 Å². The molecule has 0 saturated heterocycles. The highest BCUT2D eigenvalue weighted by Gasteiger charge is 2.06. The molecule has 6 nitrogen and oxygen atoms in total. The number of halogens is 1. The lowest BCUT2D eigenvalue weighted by Gasteiger charge is -2.07. The van der Waals surface area contributed by atoms with Gasteiger partial charge in [0.1, 0.15) is 6.33 Å². The van der Waals surface area contributed by atoms with Gasteiger partial charge in [-0.25, -0.2) is 4.98 Å². The van der Waals surface area contributed by atoms with Gasteiger partial charge in [-0.2, -0.15) is 5.10 Å². The van der Waals surface area contributed by atoms with Gasteiger partial charge < -0.3 is 11.1 Å². The van der Waals surface area contributed by atoms with E-state index in [2.05, 4.69) is 20.5 Å². The number of nitrogens with zero attached hydrogens (tertiary/aromatic N) is 2. The third-order valence-corrected chi connectivity index (χ3v) is 3.36. The first kappa shape index (κ1) is 13.7. The van der Waals surface area contributed by atoms with Gasteiger partial charge in [0.2, 0.25) is 5.91 Å². The zero-order valence-corrected chi connectivity index (χ0v) is 11.5. The average Bonchev–Trinajstić information content (AvgIpc) is 2.86. The first-order chi connectivity index (χ1) is 9.15. The Labute approximate surface area is 119 Å². The minimum atomic E-state index is -0.110. The molecule has 1 aromatic carbocycles. The number of rotatable bonds is 5. The molecule has 0 aliphatic rings. The molecule has 0 bridgehead atoms. The smallest absolute Gasteiger partial charge is 0.225 e. The summed E-state index contributed by atoms with van der Waals surface area (Å²) < 4.78 is 0. The van der Waals surface area contributed by atoms with Gasteiger partial charge in [0.05, 0.1) is 11.4 Å². The maximum atomic E-state index is 11.7. The number of H-pyrrole nitrogens is 1. The van der Waals surface area contributed by atoms with Crippen LogP contribution in [0.4, 0.5) is 11.4 Å². The zero-order valence-electron chi connectivity index (χ0n) is 9.89. The molecule has 4 N–H and O–H groups in total. The van der Waals surface area contributed by atoms with Crippen LogP contribution in [0.5, 0.6) is 0 Å². The van der Waals surface area contributed by atoms with Crippen LogP contribution in [0.2, 0.25) is 5.02 Å². The number of benzene rings is 1. The molecule has 0 unspecified atom stereocenters. The topological polar surface area (TPSA) is 96.7 Å². The maximum Gasteiger partial charge on any atom is 0.225 e. The van der Waals surface area contributed by atoms with Gasteiger partial charge in [-0.1, -0.05) is 23.4 Å². The lowest BCUT2D eigenvalue weighted by Crippen LogP contribution is -2.13. The zero-order chi connectivity index (χ0) is 13.7. The van der Waals surface area contributed by atoms with Crippen molar-refractivity contribution in [3.05, 3.63) is 29.5 Å². The molecule has 19 heavy (non-hydrogen) atoms. The highest BCUT2D eigenvalue weighted by Crippen LogP contribution is 2.23. The van der Waals surface area contributed by atoms with Crippen LogP contribution in [0.1, 0.15) is 6.42 Å². The predicted octanol–water partition coefficient (Wildman–Crippen LogP) is 2.16. The van der Waals surface area contributed by atoms with Gasteiger partial charge in [0.25, 0.3) is 0 Å². The van der Waals surface area contributed by atoms with Crippen molar-refractivity contribution in [3.8, 4) is 0 Å². The van der Waals surface area contributed by atoms with Crippen molar-refractivity contribution in [1.82, 2.24) is 15.2 Å². The summed E-state index contributed by atoms with van der Waals surface area (Å²) in [5, 5.41) is 10.4. The minimum Gasteiger partial charge on any atom is -0.397 e. The molecule has 0 aliphatic heterocycles. The summed E-state index contributed by atoms with van der Waals surface area (Å²) in [5.41, 5.74) is 6.76. The molecule has 1 aromatic heterocycles. The first-order valence-electron chi connectivity index (χ1n) is 5.48. The minimum absolute atomic E-state index is 0.110. The predicted molar refractivity (Wildman–Crippen MR) is 76.2 cm³/mol. The average molecular weight is 298 g/mol. The SMILES string of the molecule is Nc1cc(Cl)ccc1NC(=O)CCSc1ncn[nH]1. The molecule has 0 fully saturated rings. The Bertz CT molecular complexity index is 560. The number of hydrogen-bond donors (Lipinski definition) is 3. The van der Waals surface area contributed by atoms with E-state index in [1.54, 1.807) is 18.2 Å². The lowest BCUT2D eigenvalue weighted by atomic mass is 10.2. The number of nitrogen functional groups attached to an aromatic ring is 1. The molecule has 2 aromatic rings. The molecular formula is C11H12ClN5OS. The van der Waals surface area contributed by atoms with E-state index in [-0.39, 0.29) is 5.91 Å². The molecular weight excluding hydrogens is 286 g/mol. The Hall–Kier alpha value is -1.73. The molecule has 8 heteroatoms. The van der Waals surface area contributed by atoms with Crippen molar-refractivity contribution in [2.45, 2.75) is 11.6 Å². The van der Waals surface area contributed by atoms with Crippen LogP contribution in [0.25, 0.3) is 0 Å². The Morgan fingerprint density at radius 3 is 3.05 bits per heavy atom. The molecule has 0 radical (unpaired) electrons. The lowest BCUT2D eigenvalue weighted by molar-refractivity contribution is -0.115. The fraction of sp³-hybridized carbons (Fsp3) is 0.182. The van der Waals surface area contributed by atoms with Crippen LogP contribution in [-0.2, 0) is 4.79 Å². The second kappa shape index (κ2) is 6.44. The highest BCUT2D eigenvalue weighted by atomic mass is 35.5. The monoisotopic (exact) mass is 297 g/mol. The van der Waals surface area contributed by atoms with Crippen molar-refractivity contribution in [3.63, 3.8) is 0 Å². The fourth-order valence-electron chi connectivity index (χ4n) is 1.36. The summed E-state index contributed by atoms with van der Waals surface area (Å²) >= 11 is 7.21. The Balaban J connectivity index is 1.80. The number of anilines is 2. The van der Waals surface area contributed by atoms with E-state index in [0.29, 0.717) is 33.7 Å². The van der Waals surface area contributed by atoms with E-state index in [4.69, 9.17) is 17.3 Å². The highest BCUT2D eigenvalue weighted by molar-refractivity contribution is 7.99. The van der Waals surface area contributed by atoms with E-state index in [9.17, 15) is 4.79 Å². The second-order valence-electron chi connectivity index (χ2n) is 3.67. The molecule has 0 aliphatic carbocycles. The van der Waals surface area contributed by atoms with E-state index >= 15 is 0 Å². The third kappa shape index (κ3) is 4.15.